The average Bonchev–Trinajstić information content (AvgIpc) is 3.01. The maximum Gasteiger partial charge on any atom is 0.218 e. The van der Waals surface area contributed by atoms with Gasteiger partial charge < -0.3 is 21.5 Å². The highest BCUT2D eigenvalue weighted by Gasteiger charge is 2.22. The van der Waals surface area contributed by atoms with Gasteiger partial charge in [0.1, 0.15) is 5.75 Å². The van der Waals surface area contributed by atoms with Crippen LogP contribution in [0.25, 0.3) is 0 Å². The highest BCUT2D eigenvalue weighted by atomic mass is 16.5. The van der Waals surface area contributed by atoms with Crippen molar-refractivity contribution in [3.63, 3.8) is 0 Å². The van der Waals surface area contributed by atoms with Crippen molar-refractivity contribution < 1.29 is 4.74 Å². The third-order valence-corrected chi connectivity index (χ3v) is 3.97. The van der Waals surface area contributed by atoms with Gasteiger partial charge in [-0.05, 0) is 50.2 Å². The molecule has 0 amide bonds. The van der Waals surface area contributed by atoms with Crippen molar-refractivity contribution in [1.82, 2.24) is 4.90 Å². The quantitative estimate of drug-likeness (QED) is 0.560. The fraction of sp³-hybridized carbons (Fsp3) is 0.500. The van der Waals surface area contributed by atoms with Crippen molar-refractivity contribution in [1.29, 1.82) is 0 Å². The van der Waals surface area contributed by atoms with E-state index in [9.17, 15) is 0 Å². The molecule has 1 aromatic carbocycles. The number of anilines is 1. The summed E-state index contributed by atoms with van der Waals surface area (Å²) in [4.78, 5) is 10.8. The van der Waals surface area contributed by atoms with Crippen LogP contribution in [0.1, 0.15) is 19.8 Å². The lowest BCUT2D eigenvalue weighted by Crippen LogP contribution is -2.32. The topological polar surface area (TPSA) is 101 Å². The van der Waals surface area contributed by atoms with E-state index in [0.717, 1.165) is 30.9 Å². The second kappa shape index (κ2) is 8.38. The number of methoxy groups -OCH3 is 1. The Hall–Kier alpha value is -2.28. The Morgan fingerprint density at radius 3 is 2.74 bits per heavy atom. The smallest absolute Gasteiger partial charge is 0.218 e. The number of nitrogens with zero attached hydrogens (tertiary/aromatic N) is 3. The van der Waals surface area contributed by atoms with Crippen LogP contribution in [0.15, 0.2) is 34.3 Å². The van der Waals surface area contributed by atoms with Gasteiger partial charge in [-0.15, -0.1) is 0 Å². The van der Waals surface area contributed by atoms with Crippen LogP contribution in [0, 0.1) is 0 Å². The van der Waals surface area contributed by atoms with Crippen molar-refractivity contribution in [3.05, 3.63) is 24.3 Å². The molecular formula is C16H26N6O. The second-order valence-electron chi connectivity index (χ2n) is 5.47. The molecule has 1 heterocycles. The molecule has 0 radical (unpaired) electrons. The van der Waals surface area contributed by atoms with Crippen molar-refractivity contribution in [2.75, 3.05) is 32.1 Å². The lowest BCUT2D eigenvalue weighted by Gasteiger charge is -2.20. The van der Waals surface area contributed by atoms with Crippen LogP contribution in [-0.4, -0.2) is 49.6 Å². The number of likely N-dealkylation sites (tertiary alicyclic amines) is 1. The van der Waals surface area contributed by atoms with Crippen LogP contribution in [0.3, 0.4) is 0 Å². The lowest BCUT2D eigenvalue weighted by molar-refractivity contribution is 0.273. The van der Waals surface area contributed by atoms with Crippen LogP contribution in [-0.2, 0) is 0 Å². The molecule has 23 heavy (non-hydrogen) atoms. The van der Waals surface area contributed by atoms with Gasteiger partial charge in [0.25, 0.3) is 0 Å². The molecule has 1 aliphatic heterocycles. The maximum atomic E-state index is 5.85. The number of rotatable bonds is 5. The van der Waals surface area contributed by atoms with Crippen molar-refractivity contribution in [2.45, 2.75) is 25.8 Å². The molecule has 126 valence electrons. The second-order valence-corrected chi connectivity index (χ2v) is 5.47. The Morgan fingerprint density at radius 1 is 1.35 bits per heavy atom. The van der Waals surface area contributed by atoms with Crippen molar-refractivity contribution in [2.24, 2.45) is 21.5 Å². The third kappa shape index (κ3) is 5.14. The first-order valence-electron chi connectivity index (χ1n) is 7.91. The van der Waals surface area contributed by atoms with E-state index in [2.05, 4.69) is 27.1 Å². The molecule has 1 unspecified atom stereocenters. The average molecular weight is 318 g/mol. The number of ether oxygens (including phenoxy) is 1. The number of benzene rings is 1. The van der Waals surface area contributed by atoms with E-state index in [0.29, 0.717) is 12.6 Å². The highest BCUT2D eigenvalue weighted by molar-refractivity contribution is 6.00. The summed E-state index contributed by atoms with van der Waals surface area (Å²) in [5.74, 6) is 1.20. The fourth-order valence-electron chi connectivity index (χ4n) is 2.73. The summed E-state index contributed by atoms with van der Waals surface area (Å²) in [6.07, 6.45) is 2.38. The largest absolute Gasteiger partial charge is 0.497 e. The molecule has 0 spiro atoms. The molecule has 2 rings (SSSR count). The van der Waals surface area contributed by atoms with Gasteiger partial charge in [0.15, 0.2) is 0 Å². The summed E-state index contributed by atoms with van der Waals surface area (Å²) < 4.78 is 5.10. The minimum Gasteiger partial charge on any atom is -0.497 e. The summed E-state index contributed by atoms with van der Waals surface area (Å²) in [5.41, 5.74) is 12.5. The standard InChI is InChI=1S/C16H26N6O/c1-3-22-10-4-5-13(22)11-19-15(17)21-16(18)20-12-6-8-14(23-2)9-7-12/h6-9,13H,3-5,10-11H2,1-2H3,(H5,17,18,19,20,21). The maximum absolute atomic E-state index is 5.85. The van der Waals surface area contributed by atoms with Crippen molar-refractivity contribution >= 4 is 17.6 Å². The number of likely N-dealkylation sites (N-methyl/N-ethyl adjacent to an activating group) is 1. The normalized spacial score (nSPS) is 19.8. The van der Waals surface area contributed by atoms with Gasteiger partial charge in [0.2, 0.25) is 11.9 Å². The number of nitrogens with two attached hydrogens (primary N) is 2. The summed E-state index contributed by atoms with van der Waals surface area (Å²) in [6.45, 7) is 5.02. The van der Waals surface area contributed by atoms with Gasteiger partial charge in [-0.2, -0.15) is 4.99 Å². The number of guanidine groups is 2. The van der Waals surface area contributed by atoms with Crippen LogP contribution in [0.4, 0.5) is 5.69 Å². The molecule has 1 aromatic rings. The Balaban J connectivity index is 1.89. The molecule has 0 aliphatic carbocycles. The van der Waals surface area contributed by atoms with Crippen LogP contribution < -0.4 is 21.5 Å². The van der Waals surface area contributed by atoms with E-state index in [1.165, 1.54) is 6.42 Å². The first-order valence-corrected chi connectivity index (χ1v) is 7.91. The Kier molecular flexibility index (Phi) is 6.22. The number of aliphatic imine (C=N–C) groups is 2. The molecule has 1 aliphatic rings. The molecule has 0 bridgehead atoms. The van der Waals surface area contributed by atoms with E-state index in [1.54, 1.807) is 7.11 Å². The lowest BCUT2D eigenvalue weighted by atomic mass is 10.2. The number of hydrogen-bond donors (Lipinski definition) is 3. The molecule has 1 saturated heterocycles. The molecule has 1 atom stereocenters. The van der Waals surface area contributed by atoms with Gasteiger partial charge >= 0.3 is 0 Å². The van der Waals surface area contributed by atoms with Crippen molar-refractivity contribution in [3.8, 4) is 5.75 Å². The predicted molar refractivity (Wildman–Crippen MR) is 95.0 cm³/mol. The molecule has 5 N–H and O–H groups in total. The van der Waals surface area contributed by atoms with E-state index in [-0.39, 0.29) is 11.9 Å². The van der Waals surface area contributed by atoms with Gasteiger partial charge in [0, 0.05) is 11.7 Å². The monoisotopic (exact) mass is 318 g/mol. The molecule has 1 fully saturated rings. The van der Waals surface area contributed by atoms with E-state index < -0.39 is 0 Å². The summed E-state index contributed by atoms with van der Waals surface area (Å²) >= 11 is 0. The van der Waals surface area contributed by atoms with Crippen LogP contribution in [0.5, 0.6) is 5.75 Å². The Labute approximate surface area is 137 Å². The van der Waals surface area contributed by atoms with E-state index in [1.807, 2.05) is 24.3 Å². The summed E-state index contributed by atoms with van der Waals surface area (Å²) in [5, 5.41) is 2.97. The Morgan fingerprint density at radius 2 is 2.09 bits per heavy atom. The zero-order valence-electron chi connectivity index (χ0n) is 13.8. The molecule has 0 aromatic heterocycles. The van der Waals surface area contributed by atoms with Gasteiger partial charge in [0.05, 0.1) is 13.7 Å². The van der Waals surface area contributed by atoms with Gasteiger partial charge in [-0.25, -0.2) is 4.99 Å². The number of hydrogen-bond acceptors (Lipinski definition) is 3. The minimum atomic E-state index is 0.200. The van der Waals surface area contributed by atoms with Crippen LogP contribution >= 0.6 is 0 Å². The van der Waals surface area contributed by atoms with Gasteiger partial charge in [-0.1, -0.05) is 6.92 Å². The summed E-state index contributed by atoms with van der Waals surface area (Å²) in [7, 11) is 1.62. The SMILES string of the molecule is CCN1CCCC1CN=C(N)N=C(N)Nc1ccc(OC)cc1. The molecule has 7 heteroatoms. The third-order valence-electron chi connectivity index (χ3n) is 3.97. The first kappa shape index (κ1) is 17.1. The summed E-state index contributed by atoms with van der Waals surface area (Å²) in [6, 6.07) is 7.85. The zero-order chi connectivity index (χ0) is 16.7. The Bertz CT molecular complexity index is 554. The fourth-order valence-corrected chi connectivity index (χ4v) is 2.73. The van der Waals surface area contributed by atoms with Gasteiger partial charge in [-0.3, -0.25) is 4.90 Å². The van der Waals surface area contributed by atoms with E-state index in [4.69, 9.17) is 16.2 Å². The minimum absolute atomic E-state index is 0.200. The first-order chi connectivity index (χ1) is 11.1. The highest BCUT2D eigenvalue weighted by Crippen LogP contribution is 2.16. The molecule has 7 nitrogen and oxygen atoms in total. The van der Waals surface area contributed by atoms with E-state index >= 15 is 0 Å². The predicted octanol–water partition coefficient (Wildman–Crippen LogP) is 1.22. The van der Waals surface area contributed by atoms with Crippen LogP contribution in [0.2, 0.25) is 0 Å². The number of nitrogens with one attached hydrogen (secondary N) is 1. The molecular weight excluding hydrogens is 292 g/mol. The molecule has 0 saturated carbocycles. The zero-order valence-corrected chi connectivity index (χ0v) is 13.8.